The Bertz CT molecular complexity index is 1110. The average Bonchev–Trinajstić information content (AvgIpc) is 3.05. The molecule has 4 rings (SSSR count). The van der Waals surface area contributed by atoms with Gasteiger partial charge >= 0.3 is 5.97 Å². The third-order valence-electron chi connectivity index (χ3n) is 5.58. The predicted molar refractivity (Wildman–Crippen MR) is 118 cm³/mol. The maximum absolute atomic E-state index is 13.1. The number of carbonyl (C=O) groups excluding carboxylic acids is 2. The molecular weight excluding hydrogens is 392 g/mol. The number of methoxy groups -OCH3 is 1. The number of amides is 1. The minimum atomic E-state index is -0.465. The van der Waals surface area contributed by atoms with Crippen LogP contribution in [-0.4, -0.2) is 30.6 Å². The molecule has 1 aromatic heterocycles. The molecule has 1 heterocycles. The third-order valence-corrected chi connectivity index (χ3v) is 5.58. The van der Waals surface area contributed by atoms with Crippen LogP contribution in [0.3, 0.4) is 0 Å². The second-order valence-corrected chi connectivity index (χ2v) is 7.69. The van der Waals surface area contributed by atoms with E-state index < -0.39 is 5.97 Å². The van der Waals surface area contributed by atoms with E-state index in [0.717, 1.165) is 65.6 Å². The van der Waals surface area contributed by atoms with Crippen molar-refractivity contribution in [2.24, 2.45) is 0 Å². The molecular formula is C25H26N2O4. The van der Waals surface area contributed by atoms with E-state index in [1.54, 1.807) is 7.11 Å². The van der Waals surface area contributed by atoms with E-state index in [9.17, 15) is 9.59 Å². The molecule has 1 N–H and O–H groups in total. The van der Waals surface area contributed by atoms with E-state index in [1.807, 2.05) is 48.5 Å². The largest absolute Gasteiger partial charge is 0.497 e. The van der Waals surface area contributed by atoms with Gasteiger partial charge in [0.1, 0.15) is 5.75 Å². The molecule has 0 radical (unpaired) electrons. The van der Waals surface area contributed by atoms with Crippen LogP contribution in [0.4, 0.5) is 0 Å². The van der Waals surface area contributed by atoms with Crippen molar-refractivity contribution in [3.05, 3.63) is 70.9 Å². The van der Waals surface area contributed by atoms with Gasteiger partial charge in [0, 0.05) is 17.6 Å². The highest BCUT2D eigenvalue weighted by molar-refractivity contribution is 6.05. The van der Waals surface area contributed by atoms with Crippen molar-refractivity contribution >= 4 is 22.8 Å². The molecule has 0 bridgehead atoms. The molecule has 1 aliphatic rings. The first-order valence-corrected chi connectivity index (χ1v) is 10.6. The van der Waals surface area contributed by atoms with Crippen LogP contribution < -0.4 is 10.1 Å². The maximum Gasteiger partial charge on any atom is 0.339 e. The molecule has 0 atom stereocenters. The van der Waals surface area contributed by atoms with Crippen LogP contribution >= 0.6 is 0 Å². The summed E-state index contributed by atoms with van der Waals surface area (Å²) >= 11 is 0. The van der Waals surface area contributed by atoms with Gasteiger partial charge in [-0.1, -0.05) is 36.8 Å². The van der Waals surface area contributed by atoms with Crippen LogP contribution in [0.2, 0.25) is 0 Å². The van der Waals surface area contributed by atoms with Crippen LogP contribution in [-0.2, 0) is 28.9 Å². The lowest BCUT2D eigenvalue weighted by atomic mass is 9.97. The highest BCUT2D eigenvalue weighted by atomic mass is 16.5. The normalized spacial score (nSPS) is 13.2. The molecule has 0 saturated carbocycles. The summed E-state index contributed by atoms with van der Waals surface area (Å²) < 4.78 is 10.6. The summed E-state index contributed by atoms with van der Waals surface area (Å²) in [6.07, 6.45) is 4.88. The predicted octanol–water partition coefficient (Wildman–Crippen LogP) is 3.99. The molecule has 2 aromatic carbocycles. The quantitative estimate of drug-likeness (QED) is 0.484. The average molecular weight is 418 g/mol. The van der Waals surface area contributed by atoms with Crippen LogP contribution in [0.25, 0.3) is 10.9 Å². The van der Waals surface area contributed by atoms with E-state index in [1.165, 1.54) is 0 Å². The van der Waals surface area contributed by atoms with Gasteiger partial charge in [-0.2, -0.15) is 0 Å². The number of nitrogens with one attached hydrogen (secondary N) is 1. The minimum Gasteiger partial charge on any atom is -0.497 e. The first-order valence-electron chi connectivity index (χ1n) is 10.6. The molecule has 0 unspecified atom stereocenters. The Morgan fingerprint density at radius 3 is 2.74 bits per heavy atom. The minimum absolute atomic E-state index is 0.325. The van der Waals surface area contributed by atoms with E-state index in [2.05, 4.69) is 5.32 Å². The number of ether oxygens (including phenoxy) is 2. The molecule has 6 heteroatoms. The Morgan fingerprint density at radius 2 is 1.87 bits per heavy atom. The fourth-order valence-electron chi connectivity index (χ4n) is 4.02. The van der Waals surface area contributed by atoms with Crippen molar-refractivity contribution in [3.63, 3.8) is 0 Å². The van der Waals surface area contributed by atoms with Crippen LogP contribution in [0.5, 0.6) is 5.75 Å². The first kappa shape index (κ1) is 20.8. The summed E-state index contributed by atoms with van der Waals surface area (Å²) in [4.78, 5) is 30.1. The SMILES string of the molecule is COc1cccc(CNC(=O)COC(=O)c2c3c(nc4ccccc24)CCCCC3)c1. The highest BCUT2D eigenvalue weighted by Crippen LogP contribution is 2.29. The van der Waals surface area contributed by atoms with Gasteiger partial charge in [0.2, 0.25) is 0 Å². The lowest BCUT2D eigenvalue weighted by Gasteiger charge is -2.15. The van der Waals surface area contributed by atoms with Gasteiger partial charge in [-0.3, -0.25) is 9.78 Å². The molecule has 1 amide bonds. The number of benzene rings is 2. The summed E-state index contributed by atoms with van der Waals surface area (Å²) in [6.45, 7) is 0.00932. The van der Waals surface area contributed by atoms with Gasteiger partial charge in [0.25, 0.3) is 5.91 Å². The fraction of sp³-hybridized carbons (Fsp3) is 0.320. The monoisotopic (exact) mass is 418 g/mol. The molecule has 3 aromatic rings. The Labute approximate surface area is 181 Å². The summed E-state index contributed by atoms with van der Waals surface area (Å²) in [5, 5.41) is 3.56. The number of esters is 1. The van der Waals surface area contributed by atoms with E-state index in [0.29, 0.717) is 12.1 Å². The Morgan fingerprint density at radius 1 is 1.03 bits per heavy atom. The number of pyridine rings is 1. The third kappa shape index (κ3) is 4.85. The lowest BCUT2D eigenvalue weighted by Crippen LogP contribution is -2.28. The van der Waals surface area contributed by atoms with Crippen molar-refractivity contribution in [2.45, 2.75) is 38.6 Å². The number of para-hydroxylation sites is 1. The van der Waals surface area contributed by atoms with Crippen LogP contribution in [0.15, 0.2) is 48.5 Å². The second kappa shape index (κ2) is 9.60. The molecule has 0 saturated heterocycles. The Balaban J connectivity index is 1.47. The number of rotatable bonds is 6. The second-order valence-electron chi connectivity index (χ2n) is 7.69. The zero-order chi connectivity index (χ0) is 21.6. The molecule has 0 aliphatic heterocycles. The molecule has 0 fully saturated rings. The topological polar surface area (TPSA) is 77.5 Å². The molecule has 1 aliphatic carbocycles. The lowest BCUT2D eigenvalue weighted by molar-refractivity contribution is -0.124. The number of hydrogen-bond acceptors (Lipinski definition) is 5. The summed E-state index contributed by atoms with van der Waals surface area (Å²) in [5.41, 5.74) is 4.20. The van der Waals surface area contributed by atoms with Crippen molar-refractivity contribution in [3.8, 4) is 5.75 Å². The first-order chi connectivity index (χ1) is 15.2. The van der Waals surface area contributed by atoms with E-state index >= 15 is 0 Å². The Hall–Kier alpha value is -3.41. The van der Waals surface area contributed by atoms with Gasteiger partial charge in [-0.15, -0.1) is 0 Å². The highest BCUT2D eigenvalue weighted by Gasteiger charge is 2.23. The number of nitrogens with zero attached hydrogens (tertiary/aromatic N) is 1. The van der Waals surface area contributed by atoms with Gasteiger partial charge in [0.05, 0.1) is 18.2 Å². The number of fused-ring (bicyclic) bond motifs is 2. The van der Waals surface area contributed by atoms with Crippen molar-refractivity contribution in [1.82, 2.24) is 10.3 Å². The van der Waals surface area contributed by atoms with E-state index in [-0.39, 0.29) is 12.5 Å². The van der Waals surface area contributed by atoms with Crippen molar-refractivity contribution in [2.75, 3.05) is 13.7 Å². The summed E-state index contributed by atoms with van der Waals surface area (Å²) in [6, 6.07) is 15.1. The molecule has 6 nitrogen and oxygen atoms in total. The van der Waals surface area contributed by atoms with Gasteiger partial charge in [-0.05, 0) is 55.0 Å². The standard InChI is InChI=1S/C25H26N2O4/c1-30-18-9-7-8-17(14-18)15-26-23(28)16-31-25(29)24-19-10-3-2-4-12-21(19)27-22-13-6-5-11-20(22)24/h5-9,11,13-14H,2-4,10,12,15-16H2,1H3,(H,26,28). The zero-order valence-corrected chi connectivity index (χ0v) is 17.6. The van der Waals surface area contributed by atoms with Crippen molar-refractivity contribution < 1.29 is 19.1 Å². The summed E-state index contributed by atoms with van der Waals surface area (Å²) in [7, 11) is 1.60. The fourth-order valence-corrected chi connectivity index (χ4v) is 4.02. The number of aryl methyl sites for hydroxylation is 1. The Kier molecular flexibility index (Phi) is 6.46. The molecule has 31 heavy (non-hydrogen) atoms. The maximum atomic E-state index is 13.1. The number of hydrogen-bond donors (Lipinski definition) is 1. The van der Waals surface area contributed by atoms with Gasteiger partial charge < -0.3 is 14.8 Å². The molecule has 0 spiro atoms. The van der Waals surface area contributed by atoms with Gasteiger partial charge in [0.15, 0.2) is 6.61 Å². The smallest absolute Gasteiger partial charge is 0.339 e. The van der Waals surface area contributed by atoms with E-state index in [4.69, 9.17) is 14.5 Å². The number of carbonyl (C=O) groups is 2. The summed E-state index contributed by atoms with van der Waals surface area (Å²) in [5.74, 6) is -0.0858. The van der Waals surface area contributed by atoms with Crippen molar-refractivity contribution in [1.29, 1.82) is 0 Å². The van der Waals surface area contributed by atoms with Crippen LogP contribution in [0, 0.1) is 0 Å². The molecule has 160 valence electrons. The van der Waals surface area contributed by atoms with Gasteiger partial charge in [-0.25, -0.2) is 4.79 Å². The zero-order valence-electron chi connectivity index (χ0n) is 17.6. The van der Waals surface area contributed by atoms with Crippen LogP contribution in [0.1, 0.15) is 46.4 Å². The number of aromatic nitrogens is 1.